The van der Waals surface area contributed by atoms with Crippen molar-refractivity contribution in [3.63, 3.8) is 0 Å². The first-order valence-corrected chi connectivity index (χ1v) is 8.79. The summed E-state index contributed by atoms with van der Waals surface area (Å²) in [6.07, 6.45) is 0. The van der Waals surface area contributed by atoms with E-state index in [2.05, 4.69) is 15.6 Å². The lowest BCUT2D eigenvalue weighted by molar-refractivity contribution is -0.116. The molecule has 0 radical (unpaired) electrons. The molecule has 3 rings (SSSR count). The first-order chi connectivity index (χ1) is 11.9. The van der Waals surface area contributed by atoms with Crippen LogP contribution in [-0.2, 0) is 4.79 Å². The second kappa shape index (κ2) is 7.03. The van der Waals surface area contributed by atoms with Gasteiger partial charge in [0.1, 0.15) is 6.04 Å². The first kappa shape index (κ1) is 17.1. The number of aromatic nitrogens is 1. The highest BCUT2D eigenvalue weighted by Gasteiger charge is 2.14. The molecule has 2 aromatic carbocycles. The summed E-state index contributed by atoms with van der Waals surface area (Å²) in [6, 6.07) is 12.4. The zero-order chi connectivity index (χ0) is 18.0. The quantitative estimate of drug-likeness (QED) is 0.673. The molecule has 1 atom stereocenters. The standard InChI is InChI=1S/C19H19N3O2S/c1-11(19(24)22-15-6-4-5-14(9-15)12(2)23)20-16-7-8-17-18(10-16)25-13(3)21-17/h4-11,20H,1-3H3,(H,22,24)/t11-/m1/s1. The van der Waals surface area contributed by atoms with E-state index in [0.717, 1.165) is 20.9 Å². The third-order valence-corrected chi connectivity index (χ3v) is 4.74. The maximum atomic E-state index is 12.4. The van der Waals surface area contributed by atoms with Crippen LogP contribution < -0.4 is 10.6 Å². The molecule has 1 amide bonds. The largest absolute Gasteiger partial charge is 0.374 e. The molecule has 3 aromatic rings. The van der Waals surface area contributed by atoms with E-state index in [1.807, 2.05) is 25.1 Å². The van der Waals surface area contributed by atoms with Gasteiger partial charge in [0.25, 0.3) is 0 Å². The Labute approximate surface area is 150 Å². The van der Waals surface area contributed by atoms with Crippen molar-refractivity contribution in [1.82, 2.24) is 4.98 Å². The molecule has 0 aliphatic rings. The van der Waals surface area contributed by atoms with Gasteiger partial charge in [-0.3, -0.25) is 9.59 Å². The molecule has 0 spiro atoms. The number of aryl methyl sites for hydroxylation is 1. The van der Waals surface area contributed by atoms with E-state index in [0.29, 0.717) is 11.3 Å². The number of fused-ring (bicyclic) bond motifs is 1. The predicted octanol–water partition coefficient (Wildman–Crippen LogP) is 4.25. The summed E-state index contributed by atoms with van der Waals surface area (Å²) in [5.41, 5.74) is 3.02. The summed E-state index contributed by atoms with van der Waals surface area (Å²) >= 11 is 1.63. The summed E-state index contributed by atoms with van der Waals surface area (Å²) in [5.74, 6) is -0.197. The van der Waals surface area contributed by atoms with Crippen LogP contribution in [0, 0.1) is 6.92 Å². The van der Waals surface area contributed by atoms with Gasteiger partial charge in [-0.05, 0) is 51.1 Å². The Bertz CT molecular complexity index is 949. The number of thiazole rings is 1. The second-order valence-corrected chi connectivity index (χ2v) is 7.14. The smallest absolute Gasteiger partial charge is 0.246 e. The molecule has 0 saturated heterocycles. The Hall–Kier alpha value is -2.73. The number of benzene rings is 2. The van der Waals surface area contributed by atoms with Crippen LogP contribution in [0.15, 0.2) is 42.5 Å². The molecule has 5 nitrogen and oxygen atoms in total. The zero-order valence-electron chi connectivity index (χ0n) is 14.3. The lowest BCUT2D eigenvalue weighted by Gasteiger charge is -2.15. The van der Waals surface area contributed by atoms with Crippen molar-refractivity contribution in [2.45, 2.75) is 26.8 Å². The van der Waals surface area contributed by atoms with E-state index in [1.165, 1.54) is 6.92 Å². The Balaban J connectivity index is 1.69. The molecule has 128 valence electrons. The number of anilines is 2. The van der Waals surface area contributed by atoms with Crippen LogP contribution in [0.4, 0.5) is 11.4 Å². The number of nitrogens with zero attached hydrogens (tertiary/aromatic N) is 1. The SMILES string of the molecule is CC(=O)c1cccc(NC(=O)[C@@H](C)Nc2ccc3nc(C)sc3c2)c1. The minimum absolute atomic E-state index is 0.0320. The highest BCUT2D eigenvalue weighted by Crippen LogP contribution is 2.25. The van der Waals surface area contributed by atoms with Crippen LogP contribution in [0.5, 0.6) is 0 Å². The van der Waals surface area contributed by atoms with Crippen LogP contribution >= 0.6 is 11.3 Å². The van der Waals surface area contributed by atoms with Crippen molar-refractivity contribution >= 4 is 44.6 Å². The van der Waals surface area contributed by atoms with E-state index in [9.17, 15) is 9.59 Å². The normalized spacial score (nSPS) is 12.0. The van der Waals surface area contributed by atoms with Crippen LogP contribution in [0.2, 0.25) is 0 Å². The Morgan fingerprint density at radius 1 is 1.12 bits per heavy atom. The van der Waals surface area contributed by atoms with Crippen molar-refractivity contribution in [2.24, 2.45) is 0 Å². The minimum Gasteiger partial charge on any atom is -0.374 e. The molecular formula is C19H19N3O2S. The van der Waals surface area contributed by atoms with Crippen molar-refractivity contribution < 1.29 is 9.59 Å². The molecule has 0 fully saturated rings. The first-order valence-electron chi connectivity index (χ1n) is 7.98. The van der Waals surface area contributed by atoms with Gasteiger partial charge < -0.3 is 10.6 Å². The maximum Gasteiger partial charge on any atom is 0.246 e. The predicted molar refractivity (Wildman–Crippen MR) is 103 cm³/mol. The molecule has 2 N–H and O–H groups in total. The van der Waals surface area contributed by atoms with Gasteiger partial charge in [0.05, 0.1) is 15.2 Å². The van der Waals surface area contributed by atoms with Gasteiger partial charge in [-0.2, -0.15) is 0 Å². The summed E-state index contributed by atoms with van der Waals surface area (Å²) in [4.78, 5) is 28.3. The molecular weight excluding hydrogens is 334 g/mol. The molecule has 0 aliphatic heterocycles. The van der Waals surface area contributed by atoms with Crippen LogP contribution in [-0.4, -0.2) is 22.7 Å². The number of Topliss-reactive ketones (excluding diaryl/α,β-unsaturated/α-hetero) is 1. The fourth-order valence-corrected chi connectivity index (χ4v) is 3.38. The number of hydrogen-bond donors (Lipinski definition) is 2. The van der Waals surface area contributed by atoms with Crippen molar-refractivity contribution in [2.75, 3.05) is 10.6 Å². The van der Waals surface area contributed by atoms with Gasteiger partial charge in [0.15, 0.2) is 5.78 Å². The number of rotatable bonds is 5. The van der Waals surface area contributed by atoms with Gasteiger partial charge >= 0.3 is 0 Å². The number of carbonyl (C=O) groups excluding carboxylic acids is 2. The third kappa shape index (κ3) is 4.03. The number of carbonyl (C=O) groups is 2. The molecule has 1 aromatic heterocycles. The molecule has 1 heterocycles. The summed E-state index contributed by atoms with van der Waals surface area (Å²) in [7, 11) is 0. The van der Waals surface area contributed by atoms with Crippen molar-refractivity contribution in [3.05, 3.63) is 53.0 Å². The minimum atomic E-state index is -0.424. The molecule has 6 heteroatoms. The topological polar surface area (TPSA) is 71.1 Å². The molecule has 25 heavy (non-hydrogen) atoms. The fraction of sp³-hybridized carbons (Fsp3) is 0.211. The maximum absolute atomic E-state index is 12.4. The Morgan fingerprint density at radius 3 is 2.68 bits per heavy atom. The van der Waals surface area contributed by atoms with Crippen LogP contribution in [0.3, 0.4) is 0 Å². The lowest BCUT2D eigenvalue weighted by atomic mass is 10.1. The molecule has 0 saturated carbocycles. The average molecular weight is 353 g/mol. The van der Waals surface area contributed by atoms with Gasteiger partial charge in [0.2, 0.25) is 5.91 Å². The summed E-state index contributed by atoms with van der Waals surface area (Å²) in [6.45, 7) is 5.28. The second-order valence-electron chi connectivity index (χ2n) is 5.91. The molecule has 0 unspecified atom stereocenters. The third-order valence-electron chi connectivity index (χ3n) is 3.81. The average Bonchev–Trinajstić information content (AvgIpc) is 2.94. The Kier molecular flexibility index (Phi) is 4.81. The van der Waals surface area contributed by atoms with E-state index in [1.54, 1.807) is 42.5 Å². The van der Waals surface area contributed by atoms with Gasteiger partial charge in [0, 0.05) is 16.9 Å². The monoisotopic (exact) mass is 353 g/mol. The van der Waals surface area contributed by atoms with Crippen molar-refractivity contribution in [3.8, 4) is 0 Å². The van der Waals surface area contributed by atoms with E-state index < -0.39 is 6.04 Å². The number of ketones is 1. The summed E-state index contributed by atoms with van der Waals surface area (Å²) < 4.78 is 1.09. The lowest BCUT2D eigenvalue weighted by Crippen LogP contribution is -2.31. The fourth-order valence-electron chi connectivity index (χ4n) is 2.51. The highest BCUT2D eigenvalue weighted by molar-refractivity contribution is 7.18. The number of hydrogen-bond acceptors (Lipinski definition) is 5. The van der Waals surface area contributed by atoms with Crippen molar-refractivity contribution in [1.29, 1.82) is 0 Å². The van der Waals surface area contributed by atoms with Crippen LogP contribution in [0.1, 0.15) is 29.2 Å². The summed E-state index contributed by atoms with van der Waals surface area (Å²) in [5, 5.41) is 7.05. The van der Waals surface area contributed by atoms with Gasteiger partial charge in [-0.25, -0.2) is 4.98 Å². The number of nitrogens with one attached hydrogen (secondary N) is 2. The zero-order valence-corrected chi connectivity index (χ0v) is 15.1. The molecule has 0 bridgehead atoms. The van der Waals surface area contributed by atoms with Gasteiger partial charge in [-0.1, -0.05) is 12.1 Å². The number of amides is 1. The van der Waals surface area contributed by atoms with E-state index in [4.69, 9.17) is 0 Å². The van der Waals surface area contributed by atoms with Gasteiger partial charge in [-0.15, -0.1) is 11.3 Å². The van der Waals surface area contributed by atoms with E-state index >= 15 is 0 Å². The highest BCUT2D eigenvalue weighted by atomic mass is 32.1. The molecule has 0 aliphatic carbocycles. The Morgan fingerprint density at radius 2 is 1.92 bits per heavy atom. The van der Waals surface area contributed by atoms with E-state index in [-0.39, 0.29) is 11.7 Å². The van der Waals surface area contributed by atoms with Crippen LogP contribution in [0.25, 0.3) is 10.2 Å².